The largest absolute Gasteiger partial charge is 0.456 e. The highest BCUT2D eigenvalue weighted by Crippen LogP contribution is 2.45. The molecule has 0 saturated carbocycles. The number of rotatable bonds is 3. The molecule has 54 heavy (non-hydrogen) atoms. The molecule has 0 saturated heterocycles. The molecule has 0 aliphatic heterocycles. The highest BCUT2D eigenvalue weighted by atomic mass is 32.1. The van der Waals surface area contributed by atoms with Gasteiger partial charge >= 0.3 is 0 Å². The van der Waals surface area contributed by atoms with Crippen molar-refractivity contribution in [1.29, 1.82) is 0 Å². The summed E-state index contributed by atoms with van der Waals surface area (Å²) in [5.74, 6) is 0. The van der Waals surface area contributed by atoms with Gasteiger partial charge in [0, 0.05) is 36.3 Å². The topological polar surface area (TPSA) is 13.1 Å². The molecule has 1 nitrogen and oxygen atoms in total. The van der Waals surface area contributed by atoms with Crippen LogP contribution >= 0.6 is 11.3 Å². The van der Waals surface area contributed by atoms with Crippen molar-refractivity contribution in [2.45, 2.75) is 0 Å². The maximum absolute atomic E-state index is 6.29. The monoisotopic (exact) mass is 702 g/mol. The molecular weight excluding hydrogens is 673 g/mol. The van der Waals surface area contributed by atoms with Gasteiger partial charge in [0.05, 0.1) is 0 Å². The number of furan rings is 1. The summed E-state index contributed by atoms with van der Waals surface area (Å²) in [7, 11) is 0. The third kappa shape index (κ3) is 4.38. The maximum Gasteiger partial charge on any atom is 0.136 e. The molecule has 2 heterocycles. The zero-order valence-electron chi connectivity index (χ0n) is 29.1. The molecular formula is C52H30OS. The van der Waals surface area contributed by atoms with Crippen LogP contribution in [-0.2, 0) is 0 Å². The first-order chi connectivity index (χ1) is 26.7. The maximum atomic E-state index is 6.29. The Labute approximate surface area is 314 Å². The first-order valence-corrected chi connectivity index (χ1v) is 19.3. The second-order valence-corrected chi connectivity index (χ2v) is 15.5. The van der Waals surface area contributed by atoms with Gasteiger partial charge in [0.1, 0.15) is 11.2 Å². The van der Waals surface area contributed by atoms with Crippen LogP contribution in [0.5, 0.6) is 0 Å². The van der Waals surface area contributed by atoms with Gasteiger partial charge in [-0.2, -0.15) is 0 Å². The molecule has 0 spiro atoms. The van der Waals surface area contributed by atoms with Crippen molar-refractivity contribution in [2.75, 3.05) is 0 Å². The minimum absolute atomic E-state index is 0.936. The van der Waals surface area contributed by atoms with Crippen molar-refractivity contribution >= 4 is 96.5 Å². The van der Waals surface area contributed by atoms with Crippen molar-refractivity contribution < 1.29 is 4.42 Å². The lowest BCUT2D eigenvalue weighted by atomic mass is 9.85. The van der Waals surface area contributed by atoms with Gasteiger partial charge in [-0.3, -0.25) is 0 Å². The van der Waals surface area contributed by atoms with Crippen molar-refractivity contribution in [3.05, 3.63) is 182 Å². The van der Waals surface area contributed by atoms with Crippen LogP contribution in [0.3, 0.4) is 0 Å². The quantitative estimate of drug-likeness (QED) is 0.167. The Hall–Kier alpha value is -6.74. The first-order valence-electron chi connectivity index (χ1n) is 18.5. The zero-order valence-corrected chi connectivity index (χ0v) is 30.0. The summed E-state index contributed by atoms with van der Waals surface area (Å²) in [6.07, 6.45) is 0. The van der Waals surface area contributed by atoms with Gasteiger partial charge in [-0.1, -0.05) is 146 Å². The highest BCUT2D eigenvalue weighted by Gasteiger charge is 2.18. The number of fused-ring (bicyclic) bond motifs is 11. The van der Waals surface area contributed by atoms with E-state index in [4.69, 9.17) is 4.42 Å². The summed E-state index contributed by atoms with van der Waals surface area (Å²) in [6.45, 7) is 0. The van der Waals surface area contributed by atoms with Crippen LogP contribution in [-0.4, -0.2) is 0 Å². The summed E-state index contributed by atoms with van der Waals surface area (Å²) < 4.78 is 8.90. The molecule has 12 aromatic rings. The Morgan fingerprint density at radius 1 is 0.296 bits per heavy atom. The van der Waals surface area contributed by atoms with Crippen LogP contribution < -0.4 is 0 Å². The van der Waals surface area contributed by atoms with E-state index in [0.29, 0.717) is 0 Å². The third-order valence-corrected chi connectivity index (χ3v) is 12.6. The Balaban J connectivity index is 0.981. The molecule has 12 rings (SSSR count). The fourth-order valence-corrected chi connectivity index (χ4v) is 10.1. The number of para-hydroxylation sites is 1. The third-order valence-electron chi connectivity index (χ3n) is 11.4. The van der Waals surface area contributed by atoms with Crippen LogP contribution in [0.1, 0.15) is 0 Å². The second-order valence-electron chi connectivity index (χ2n) is 14.4. The van der Waals surface area contributed by atoms with Gasteiger partial charge in [-0.05, 0) is 107 Å². The summed E-state index contributed by atoms with van der Waals surface area (Å²) >= 11 is 1.87. The lowest BCUT2D eigenvalue weighted by Crippen LogP contribution is -1.91. The van der Waals surface area contributed by atoms with Gasteiger partial charge in [0.15, 0.2) is 0 Å². The normalized spacial score (nSPS) is 12.1. The molecule has 0 N–H and O–H groups in total. The molecule has 0 fully saturated rings. The molecule has 0 radical (unpaired) electrons. The highest BCUT2D eigenvalue weighted by molar-refractivity contribution is 7.26. The van der Waals surface area contributed by atoms with Crippen LogP contribution in [0.4, 0.5) is 0 Å². The van der Waals surface area contributed by atoms with E-state index in [-0.39, 0.29) is 0 Å². The number of hydrogen-bond acceptors (Lipinski definition) is 2. The molecule has 10 aromatic carbocycles. The Bertz CT molecular complexity index is 3430. The minimum atomic E-state index is 0.936. The van der Waals surface area contributed by atoms with Crippen molar-refractivity contribution in [1.82, 2.24) is 0 Å². The van der Waals surface area contributed by atoms with Crippen molar-refractivity contribution in [2.24, 2.45) is 0 Å². The van der Waals surface area contributed by atoms with Gasteiger partial charge in [0.25, 0.3) is 0 Å². The molecule has 0 aliphatic rings. The van der Waals surface area contributed by atoms with Crippen LogP contribution in [0.2, 0.25) is 0 Å². The smallest absolute Gasteiger partial charge is 0.136 e. The van der Waals surface area contributed by atoms with E-state index in [1.165, 1.54) is 107 Å². The Kier molecular flexibility index (Phi) is 6.28. The van der Waals surface area contributed by atoms with E-state index >= 15 is 0 Å². The number of benzene rings is 10. The molecule has 0 bridgehead atoms. The van der Waals surface area contributed by atoms with Crippen molar-refractivity contribution in [3.8, 4) is 33.4 Å². The predicted molar refractivity (Wildman–Crippen MR) is 233 cm³/mol. The van der Waals surface area contributed by atoms with Crippen LogP contribution in [0, 0.1) is 0 Å². The molecule has 0 atom stereocenters. The average Bonchev–Trinajstić information content (AvgIpc) is 3.79. The van der Waals surface area contributed by atoms with E-state index in [9.17, 15) is 0 Å². The molecule has 250 valence electrons. The van der Waals surface area contributed by atoms with E-state index in [2.05, 4.69) is 176 Å². The fraction of sp³-hybridized carbons (Fsp3) is 0. The summed E-state index contributed by atoms with van der Waals surface area (Å²) in [5, 5.41) is 15.0. The Morgan fingerprint density at radius 2 is 0.889 bits per heavy atom. The van der Waals surface area contributed by atoms with Gasteiger partial charge in [-0.25, -0.2) is 0 Å². The molecule has 0 amide bonds. The Morgan fingerprint density at radius 3 is 1.65 bits per heavy atom. The summed E-state index contributed by atoms with van der Waals surface area (Å²) in [4.78, 5) is 0. The molecule has 0 unspecified atom stereocenters. The lowest BCUT2D eigenvalue weighted by molar-refractivity contribution is 0.669. The fourth-order valence-electron chi connectivity index (χ4n) is 8.88. The van der Waals surface area contributed by atoms with E-state index in [0.717, 1.165) is 11.2 Å². The minimum Gasteiger partial charge on any atom is -0.456 e. The zero-order chi connectivity index (χ0) is 35.3. The van der Waals surface area contributed by atoms with Gasteiger partial charge < -0.3 is 4.42 Å². The van der Waals surface area contributed by atoms with E-state index < -0.39 is 0 Å². The number of hydrogen-bond donors (Lipinski definition) is 0. The predicted octanol–water partition coefficient (Wildman–Crippen LogP) is 15.6. The molecule has 2 aromatic heterocycles. The van der Waals surface area contributed by atoms with Crippen LogP contribution in [0.15, 0.2) is 186 Å². The summed E-state index contributed by atoms with van der Waals surface area (Å²) in [6, 6.07) is 66.9. The summed E-state index contributed by atoms with van der Waals surface area (Å²) in [5.41, 5.74) is 9.36. The molecule has 0 aliphatic carbocycles. The van der Waals surface area contributed by atoms with E-state index in [1.807, 2.05) is 17.4 Å². The lowest BCUT2D eigenvalue weighted by Gasteiger charge is -2.18. The molecule has 2 heteroatoms. The SMILES string of the molecule is c1ccc2cc(-c3c4ccccc4c(-c4ccc(-c5ccc6sc7c8cc9oc%10ccccc%10c9cc8ccc7c6c5)cc4)c4ccccc34)ccc2c1. The van der Waals surface area contributed by atoms with Gasteiger partial charge in [0.2, 0.25) is 0 Å². The van der Waals surface area contributed by atoms with Crippen LogP contribution in [0.25, 0.3) is 119 Å². The second kappa shape index (κ2) is 11.4. The van der Waals surface area contributed by atoms with Gasteiger partial charge in [-0.15, -0.1) is 11.3 Å². The standard InChI is InChI=1S/C52H30OS/c1-2-10-34-27-37(22-19-31(34)9-1)51-41-14-5-3-12-39(41)50(40-13-4-6-15-42(40)51)33-20-17-32(18-21-33)35-24-26-49-46(28-35)43-25-23-36-29-45-38-11-7-8-16-47(38)53-48(45)30-44(36)52(43)54-49/h1-30H. The number of thiophene rings is 1. The van der Waals surface area contributed by atoms with Crippen molar-refractivity contribution in [3.63, 3.8) is 0 Å². The van der Waals surface area contributed by atoms with E-state index in [1.54, 1.807) is 0 Å². The first kappa shape index (κ1) is 29.8. The average molecular weight is 703 g/mol.